The summed E-state index contributed by atoms with van der Waals surface area (Å²) in [6.07, 6.45) is -1.95. The van der Waals surface area contributed by atoms with E-state index in [0.717, 1.165) is 13.1 Å². The van der Waals surface area contributed by atoms with Crippen LogP contribution in [-0.2, 0) is 0 Å². The predicted molar refractivity (Wildman–Crippen MR) is 89.7 cm³/mol. The van der Waals surface area contributed by atoms with E-state index < -0.39 is 37.5 Å². The standard InChI is InChI=1S/C14H34N4O6/c19-7-11(13(23)9-21)17-5-3-15-1-2-16-4-6-18-12(8-20)14(24)10-22/h11-24H,1-10H2/t11-,12+,13-,14+. The Morgan fingerprint density at radius 1 is 0.500 bits per heavy atom. The molecule has 0 fully saturated rings. The molecule has 0 rings (SSSR count). The molecule has 10 N–H and O–H groups in total. The van der Waals surface area contributed by atoms with Crippen LogP contribution in [0.4, 0.5) is 0 Å². The highest BCUT2D eigenvalue weighted by Crippen LogP contribution is 1.91. The van der Waals surface area contributed by atoms with E-state index in [9.17, 15) is 10.2 Å². The summed E-state index contributed by atoms with van der Waals surface area (Å²) in [6, 6.07) is -1.07. The Labute approximate surface area is 142 Å². The van der Waals surface area contributed by atoms with Gasteiger partial charge in [-0.1, -0.05) is 0 Å². The van der Waals surface area contributed by atoms with Crippen molar-refractivity contribution in [2.75, 3.05) is 65.7 Å². The molecule has 10 heteroatoms. The Morgan fingerprint density at radius 3 is 1.12 bits per heavy atom. The van der Waals surface area contributed by atoms with Crippen LogP contribution in [0.25, 0.3) is 0 Å². The van der Waals surface area contributed by atoms with Gasteiger partial charge in [0.25, 0.3) is 0 Å². The zero-order chi connectivity index (χ0) is 18.2. The molecule has 0 aliphatic rings. The SMILES string of the molecule is OC[C@@H](O)[C@@H](CO)NCCNCCNCCN[C@@H](CO)[C@@H](O)CO. The first-order valence-electron chi connectivity index (χ1n) is 8.28. The molecule has 0 aromatic carbocycles. The maximum Gasteiger partial charge on any atom is 0.0945 e. The van der Waals surface area contributed by atoms with Crippen LogP contribution in [0.5, 0.6) is 0 Å². The number of aliphatic hydroxyl groups excluding tert-OH is 6. The molecule has 0 aliphatic carbocycles. The number of hydrogen-bond donors (Lipinski definition) is 10. The van der Waals surface area contributed by atoms with E-state index in [1.54, 1.807) is 0 Å². The minimum atomic E-state index is -0.976. The van der Waals surface area contributed by atoms with Gasteiger partial charge in [0.15, 0.2) is 0 Å². The van der Waals surface area contributed by atoms with Crippen LogP contribution in [0.1, 0.15) is 0 Å². The number of aliphatic hydroxyl groups is 6. The van der Waals surface area contributed by atoms with Gasteiger partial charge in [0, 0.05) is 39.3 Å². The third kappa shape index (κ3) is 11.2. The fraction of sp³-hybridized carbons (Fsp3) is 1.00. The quantitative estimate of drug-likeness (QED) is 0.114. The number of rotatable bonds is 17. The van der Waals surface area contributed by atoms with Crippen molar-refractivity contribution >= 4 is 0 Å². The molecular formula is C14H34N4O6. The molecule has 0 saturated heterocycles. The summed E-state index contributed by atoms with van der Waals surface area (Å²) in [7, 11) is 0. The normalized spacial score (nSPS) is 16.8. The topological polar surface area (TPSA) is 169 Å². The highest BCUT2D eigenvalue weighted by atomic mass is 16.3. The summed E-state index contributed by atoms with van der Waals surface area (Å²) >= 11 is 0. The largest absolute Gasteiger partial charge is 0.395 e. The second kappa shape index (κ2) is 16.1. The fourth-order valence-corrected chi connectivity index (χ4v) is 2.02. The van der Waals surface area contributed by atoms with Gasteiger partial charge in [-0.05, 0) is 0 Å². The molecule has 0 spiro atoms. The van der Waals surface area contributed by atoms with Crippen LogP contribution >= 0.6 is 0 Å². The van der Waals surface area contributed by atoms with Gasteiger partial charge < -0.3 is 51.9 Å². The van der Waals surface area contributed by atoms with Crippen molar-refractivity contribution < 1.29 is 30.6 Å². The molecule has 0 radical (unpaired) electrons. The van der Waals surface area contributed by atoms with Gasteiger partial charge in [-0.3, -0.25) is 0 Å². The first-order valence-corrected chi connectivity index (χ1v) is 8.28. The number of nitrogens with one attached hydrogen (secondary N) is 4. The predicted octanol–water partition coefficient (Wildman–Crippen LogP) is -5.23. The van der Waals surface area contributed by atoms with Crippen LogP contribution in [-0.4, -0.2) is 121 Å². The molecule has 0 aliphatic heterocycles. The van der Waals surface area contributed by atoms with Crippen LogP contribution in [0.2, 0.25) is 0 Å². The van der Waals surface area contributed by atoms with E-state index in [0.29, 0.717) is 26.2 Å². The summed E-state index contributed by atoms with van der Waals surface area (Å²) in [5.41, 5.74) is 0. The lowest BCUT2D eigenvalue weighted by atomic mass is 10.2. The van der Waals surface area contributed by atoms with Crippen molar-refractivity contribution in [3.8, 4) is 0 Å². The Bertz CT molecular complexity index is 252. The maximum atomic E-state index is 9.39. The molecule has 0 aromatic rings. The smallest absolute Gasteiger partial charge is 0.0945 e. The van der Waals surface area contributed by atoms with Gasteiger partial charge in [0.1, 0.15) is 0 Å². The second-order valence-corrected chi connectivity index (χ2v) is 5.49. The van der Waals surface area contributed by atoms with Gasteiger partial charge >= 0.3 is 0 Å². The molecule has 0 bridgehead atoms. The molecule has 24 heavy (non-hydrogen) atoms. The zero-order valence-electron chi connectivity index (χ0n) is 14.1. The van der Waals surface area contributed by atoms with E-state index in [1.807, 2.05) is 0 Å². The minimum Gasteiger partial charge on any atom is -0.395 e. The lowest BCUT2D eigenvalue weighted by Gasteiger charge is -2.21. The van der Waals surface area contributed by atoms with E-state index in [2.05, 4.69) is 21.3 Å². The third-order valence-corrected chi connectivity index (χ3v) is 3.59. The highest BCUT2D eigenvalue weighted by Gasteiger charge is 2.16. The van der Waals surface area contributed by atoms with Gasteiger partial charge in [-0.15, -0.1) is 0 Å². The Morgan fingerprint density at radius 2 is 0.833 bits per heavy atom. The molecule has 0 amide bonds. The van der Waals surface area contributed by atoms with Crippen LogP contribution in [0.3, 0.4) is 0 Å². The van der Waals surface area contributed by atoms with Crippen LogP contribution in [0.15, 0.2) is 0 Å². The first kappa shape index (κ1) is 23.6. The van der Waals surface area contributed by atoms with Gasteiger partial charge in [0.05, 0.1) is 50.7 Å². The van der Waals surface area contributed by atoms with Crippen molar-refractivity contribution in [1.82, 2.24) is 21.3 Å². The summed E-state index contributed by atoms with van der Waals surface area (Å²) in [5, 5.41) is 66.7. The van der Waals surface area contributed by atoms with Crippen molar-refractivity contribution in [3.05, 3.63) is 0 Å². The molecule has 4 atom stereocenters. The van der Waals surface area contributed by atoms with Crippen molar-refractivity contribution in [2.45, 2.75) is 24.3 Å². The average molecular weight is 354 g/mol. The summed E-state index contributed by atoms with van der Waals surface area (Å²) < 4.78 is 0. The molecule has 0 heterocycles. The van der Waals surface area contributed by atoms with Crippen LogP contribution in [0, 0.1) is 0 Å². The first-order chi connectivity index (χ1) is 11.6. The fourth-order valence-electron chi connectivity index (χ4n) is 2.02. The second-order valence-electron chi connectivity index (χ2n) is 5.49. The third-order valence-electron chi connectivity index (χ3n) is 3.59. The molecule has 0 aromatic heterocycles. The summed E-state index contributed by atoms with van der Waals surface area (Å²) in [6.45, 7) is 2.63. The minimum absolute atomic E-state index is 0.240. The molecule has 0 saturated carbocycles. The van der Waals surface area contributed by atoms with E-state index in [-0.39, 0.29) is 13.2 Å². The van der Waals surface area contributed by atoms with Crippen molar-refractivity contribution in [1.29, 1.82) is 0 Å². The summed E-state index contributed by atoms with van der Waals surface area (Å²) in [5.74, 6) is 0. The van der Waals surface area contributed by atoms with E-state index in [1.165, 1.54) is 0 Å². The van der Waals surface area contributed by atoms with E-state index >= 15 is 0 Å². The summed E-state index contributed by atoms with van der Waals surface area (Å²) in [4.78, 5) is 0. The molecule has 10 nitrogen and oxygen atoms in total. The van der Waals surface area contributed by atoms with Crippen molar-refractivity contribution in [2.24, 2.45) is 0 Å². The van der Waals surface area contributed by atoms with Gasteiger partial charge in [-0.2, -0.15) is 0 Å². The van der Waals surface area contributed by atoms with E-state index in [4.69, 9.17) is 20.4 Å². The molecular weight excluding hydrogens is 320 g/mol. The Balaban J connectivity index is 3.45. The Kier molecular flexibility index (Phi) is 15.8. The molecule has 0 unspecified atom stereocenters. The maximum absolute atomic E-state index is 9.39. The number of hydrogen-bond acceptors (Lipinski definition) is 10. The lowest BCUT2D eigenvalue weighted by molar-refractivity contribution is 0.0418. The van der Waals surface area contributed by atoms with Gasteiger partial charge in [0.2, 0.25) is 0 Å². The zero-order valence-corrected chi connectivity index (χ0v) is 14.1. The van der Waals surface area contributed by atoms with Crippen molar-refractivity contribution in [3.63, 3.8) is 0 Å². The monoisotopic (exact) mass is 354 g/mol. The average Bonchev–Trinajstić information content (AvgIpc) is 2.61. The van der Waals surface area contributed by atoms with Crippen LogP contribution < -0.4 is 21.3 Å². The lowest BCUT2D eigenvalue weighted by Crippen LogP contribution is -2.47. The van der Waals surface area contributed by atoms with Gasteiger partial charge in [-0.25, -0.2) is 0 Å². The Hall–Kier alpha value is -0.400. The highest BCUT2D eigenvalue weighted by molar-refractivity contribution is 4.75. The molecule has 146 valence electrons.